The largest absolute Gasteiger partial charge is 0.507 e. The summed E-state index contributed by atoms with van der Waals surface area (Å²) in [6.07, 6.45) is 0. The predicted octanol–water partition coefficient (Wildman–Crippen LogP) is 5.22. The van der Waals surface area contributed by atoms with Gasteiger partial charge in [0.05, 0.1) is 5.56 Å². The van der Waals surface area contributed by atoms with Crippen LogP contribution in [0.1, 0.15) is 68.6 Å². The molecule has 2 nitrogen and oxygen atoms in total. The van der Waals surface area contributed by atoms with Gasteiger partial charge in [-0.25, -0.2) is 0 Å². The lowest BCUT2D eigenvalue weighted by Gasteiger charge is -2.20. The number of benzene rings is 2. The Morgan fingerprint density at radius 2 is 1.26 bits per heavy atom. The first-order chi connectivity index (χ1) is 10.5. The number of rotatable bonds is 2. The fourth-order valence-corrected chi connectivity index (χ4v) is 2.46. The molecule has 23 heavy (non-hydrogen) atoms. The van der Waals surface area contributed by atoms with Crippen LogP contribution in [-0.4, -0.2) is 10.9 Å². The van der Waals surface area contributed by atoms with E-state index in [2.05, 4.69) is 41.5 Å². The molecule has 0 heterocycles. The highest BCUT2D eigenvalue weighted by Gasteiger charge is 2.20. The average molecular weight is 310 g/mol. The summed E-state index contributed by atoms with van der Waals surface area (Å²) in [5.74, 6) is -0.114. The van der Waals surface area contributed by atoms with E-state index in [0.717, 1.165) is 5.56 Å². The van der Waals surface area contributed by atoms with Crippen LogP contribution < -0.4 is 0 Å². The van der Waals surface area contributed by atoms with Crippen molar-refractivity contribution in [3.05, 3.63) is 64.7 Å². The van der Waals surface area contributed by atoms with Gasteiger partial charge in [0, 0.05) is 5.56 Å². The zero-order valence-electron chi connectivity index (χ0n) is 14.9. The summed E-state index contributed by atoms with van der Waals surface area (Å²) in [6, 6.07) is 12.9. The van der Waals surface area contributed by atoms with Gasteiger partial charge in [-0.15, -0.1) is 0 Å². The van der Waals surface area contributed by atoms with Gasteiger partial charge in [0.1, 0.15) is 5.75 Å². The Labute approximate surface area is 139 Å². The molecular formula is C21H26O2. The van der Waals surface area contributed by atoms with E-state index in [9.17, 15) is 9.90 Å². The summed E-state index contributed by atoms with van der Waals surface area (Å²) in [5.41, 5.74) is 3.15. The van der Waals surface area contributed by atoms with Crippen LogP contribution in [0.15, 0.2) is 42.5 Å². The van der Waals surface area contributed by atoms with E-state index >= 15 is 0 Å². The number of carbonyl (C=O) groups excluding carboxylic acids is 1. The maximum Gasteiger partial charge on any atom is 0.196 e. The monoisotopic (exact) mass is 310 g/mol. The van der Waals surface area contributed by atoms with Gasteiger partial charge >= 0.3 is 0 Å². The van der Waals surface area contributed by atoms with Crippen molar-refractivity contribution in [3.8, 4) is 5.75 Å². The summed E-state index contributed by atoms with van der Waals surface area (Å²) in [5, 5.41) is 10.1. The Morgan fingerprint density at radius 1 is 0.783 bits per heavy atom. The van der Waals surface area contributed by atoms with Crippen molar-refractivity contribution in [1.82, 2.24) is 0 Å². The Morgan fingerprint density at radius 3 is 1.74 bits per heavy atom. The Balaban J connectivity index is 2.41. The lowest BCUT2D eigenvalue weighted by molar-refractivity contribution is 0.103. The normalized spacial score (nSPS) is 12.3. The number of phenols is 1. The first-order valence-corrected chi connectivity index (χ1v) is 7.99. The second-order valence-corrected chi connectivity index (χ2v) is 8.14. The van der Waals surface area contributed by atoms with Crippen molar-refractivity contribution in [1.29, 1.82) is 0 Å². The maximum atomic E-state index is 12.7. The molecule has 0 aliphatic heterocycles. The van der Waals surface area contributed by atoms with Crippen LogP contribution >= 0.6 is 0 Å². The van der Waals surface area contributed by atoms with Gasteiger partial charge in [-0.05, 0) is 34.1 Å². The quantitative estimate of drug-likeness (QED) is 0.772. The molecule has 0 bridgehead atoms. The van der Waals surface area contributed by atoms with E-state index in [1.165, 1.54) is 5.56 Å². The van der Waals surface area contributed by atoms with Crippen LogP contribution in [0.4, 0.5) is 0 Å². The molecule has 0 unspecified atom stereocenters. The van der Waals surface area contributed by atoms with Gasteiger partial charge in [0.15, 0.2) is 5.78 Å². The molecule has 0 fully saturated rings. The highest BCUT2D eigenvalue weighted by Crippen LogP contribution is 2.29. The molecule has 2 heteroatoms. The molecule has 0 saturated carbocycles. The molecule has 0 aliphatic carbocycles. The Bertz CT molecular complexity index is 711. The minimum atomic E-state index is -0.144. The van der Waals surface area contributed by atoms with Gasteiger partial charge in [0.25, 0.3) is 0 Å². The number of hydrogen-bond donors (Lipinski definition) is 1. The number of carbonyl (C=O) groups is 1. The molecule has 0 aliphatic rings. The maximum absolute atomic E-state index is 12.7. The SMILES string of the molecule is CC(C)(C)c1ccc(C(=O)c2cc(C(C)(C)C)ccc2O)cc1. The summed E-state index contributed by atoms with van der Waals surface area (Å²) >= 11 is 0. The highest BCUT2D eigenvalue weighted by atomic mass is 16.3. The first kappa shape index (κ1) is 17.3. The Kier molecular flexibility index (Phi) is 4.39. The van der Waals surface area contributed by atoms with Gasteiger partial charge in [-0.1, -0.05) is 71.9 Å². The molecule has 122 valence electrons. The third-order valence-corrected chi connectivity index (χ3v) is 4.12. The summed E-state index contributed by atoms with van der Waals surface area (Å²) in [7, 11) is 0. The van der Waals surface area contributed by atoms with Crippen molar-refractivity contribution < 1.29 is 9.90 Å². The van der Waals surface area contributed by atoms with E-state index in [1.807, 2.05) is 30.3 Å². The highest BCUT2D eigenvalue weighted by molar-refractivity contribution is 6.10. The van der Waals surface area contributed by atoms with E-state index in [-0.39, 0.29) is 22.4 Å². The molecule has 2 aromatic carbocycles. The first-order valence-electron chi connectivity index (χ1n) is 7.99. The molecule has 0 aromatic heterocycles. The summed E-state index contributed by atoms with van der Waals surface area (Å²) in [6.45, 7) is 12.7. The molecule has 0 saturated heterocycles. The van der Waals surface area contributed by atoms with Crippen LogP contribution in [0.5, 0.6) is 5.75 Å². The standard InChI is InChI=1S/C21H26O2/c1-20(2,3)15-9-7-14(8-10-15)19(23)17-13-16(21(4,5)6)11-12-18(17)22/h7-13,22H,1-6H3. The topological polar surface area (TPSA) is 37.3 Å². The smallest absolute Gasteiger partial charge is 0.196 e. The lowest BCUT2D eigenvalue weighted by atomic mass is 9.84. The summed E-state index contributed by atoms with van der Waals surface area (Å²) < 4.78 is 0. The van der Waals surface area contributed by atoms with Crippen molar-refractivity contribution in [2.24, 2.45) is 0 Å². The van der Waals surface area contributed by atoms with Gasteiger partial charge in [-0.2, -0.15) is 0 Å². The number of ketones is 1. The van der Waals surface area contributed by atoms with Gasteiger partial charge < -0.3 is 5.11 Å². The average Bonchev–Trinajstić information content (AvgIpc) is 2.45. The van der Waals surface area contributed by atoms with Gasteiger partial charge in [-0.3, -0.25) is 4.79 Å². The summed E-state index contributed by atoms with van der Waals surface area (Å²) in [4.78, 5) is 12.7. The Hall–Kier alpha value is -2.09. The van der Waals surface area contributed by atoms with Crippen molar-refractivity contribution in [2.45, 2.75) is 52.4 Å². The minimum Gasteiger partial charge on any atom is -0.507 e. The van der Waals surface area contributed by atoms with E-state index in [1.54, 1.807) is 12.1 Å². The van der Waals surface area contributed by atoms with E-state index in [0.29, 0.717) is 11.1 Å². The lowest BCUT2D eigenvalue weighted by Crippen LogP contribution is -2.13. The van der Waals surface area contributed by atoms with Crippen LogP contribution in [0, 0.1) is 0 Å². The molecule has 0 atom stereocenters. The van der Waals surface area contributed by atoms with Crippen LogP contribution in [0.25, 0.3) is 0 Å². The number of phenolic OH excluding ortho intramolecular Hbond substituents is 1. The minimum absolute atomic E-state index is 0.0305. The fourth-order valence-electron chi connectivity index (χ4n) is 2.46. The molecule has 2 rings (SSSR count). The second-order valence-electron chi connectivity index (χ2n) is 8.14. The third kappa shape index (κ3) is 3.82. The predicted molar refractivity (Wildman–Crippen MR) is 95.4 cm³/mol. The van der Waals surface area contributed by atoms with Crippen LogP contribution in [-0.2, 0) is 10.8 Å². The van der Waals surface area contributed by atoms with Crippen LogP contribution in [0.3, 0.4) is 0 Å². The molecule has 0 spiro atoms. The molecule has 2 aromatic rings. The van der Waals surface area contributed by atoms with Gasteiger partial charge in [0.2, 0.25) is 0 Å². The van der Waals surface area contributed by atoms with Crippen molar-refractivity contribution in [3.63, 3.8) is 0 Å². The van der Waals surface area contributed by atoms with E-state index in [4.69, 9.17) is 0 Å². The second kappa shape index (κ2) is 5.84. The molecular weight excluding hydrogens is 284 g/mol. The third-order valence-electron chi connectivity index (χ3n) is 4.12. The zero-order chi connectivity index (χ0) is 17.4. The fraction of sp³-hybridized carbons (Fsp3) is 0.381. The number of aromatic hydroxyl groups is 1. The molecule has 0 radical (unpaired) electrons. The van der Waals surface area contributed by atoms with E-state index < -0.39 is 0 Å². The molecule has 1 N–H and O–H groups in total. The van der Waals surface area contributed by atoms with Crippen molar-refractivity contribution in [2.75, 3.05) is 0 Å². The molecule has 0 amide bonds. The zero-order valence-corrected chi connectivity index (χ0v) is 14.9. The van der Waals surface area contributed by atoms with Crippen LogP contribution in [0.2, 0.25) is 0 Å². The van der Waals surface area contributed by atoms with Crippen molar-refractivity contribution >= 4 is 5.78 Å². The number of hydrogen-bond acceptors (Lipinski definition) is 2.